The maximum absolute atomic E-state index is 13.3. The maximum Gasteiger partial charge on any atom is 0.433 e. The monoisotopic (exact) mass is 357 g/mol. The summed E-state index contributed by atoms with van der Waals surface area (Å²) >= 11 is 0. The minimum Gasteiger partial charge on any atom is -0.353 e. The smallest absolute Gasteiger partial charge is 0.353 e. The molecule has 1 aromatic heterocycles. The summed E-state index contributed by atoms with van der Waals surface area (Å²) in [5.74, 6) is -0.547. The first-order chi connectivity index (χ1) is 11.6. The Labute approximate surface area is 143 Å². The summed E-state index contributed by atoms with van der Waals surface area (Å²) in [5.41, 5.74) is -0.249. The molecule has 1 heterocycles. The van der Waals surface area contributed by atoms with Crippen LogP contribution in [-0.4, -0.2) is 42.1 Å². The number of aromatic nitrogens is 2. The Morgan fingerprint density at radius 1 is 1.12 bits per heavy atom. The lowest BCUT2D eigenvalue weighted by molar-refractivity contribution is -0.141. The molecule has 1 aromatic carbocycles. The average Bonchev–Trinajstić information content (AvgIpc) is 2.49. The first kappa shape index (κ1) is 18.9. The van der Waals surface area contributed by atoms with Crippen LogP contribution in [0.4, 0.5) is 35.0 Å². The molecule has 0 radical (unpaired) electrons. The highest BCUT2D eigenvalue weighted by Crippen LogP contribution is 2.30. The number of likely N-dealkylation sites (N-methyl/N-ethyl adjacent to an activating group) is 1. The van der Waals surface area contributed by atoms with Crippen LogP contribution in [0.5, 0.6) is 0 Å². The number of anilines is 3. The molecule has 25 heavy (non-hydrogen) atoms. The highest BCUT2D eigenvalue weighted by Gasteiger charge is 2.33. The van der Waals surface area contributed by atoms with Crippen molar-refractivity contribution < 1.29 is 17.6 Å². The van der Waals surface area contributed by atoms with Crippen molar-refractivity contribution >= 4 is 17.5 Å². The second kappa shape index (κ2) is 7.64. The molecule has 0 bridgehead atoms. The lowest BCUT2D eigenvalue weighted by Crippen LogP contribution is -2.22. The number of halogens is 4. The third kappa shape index (κ3) is 5.56. The number of rotatable bonds is 6. The maximum atomic E-state index is 13.3. The molecule has 0 spiro atoms. The summed E-state index contributed by atoms with van der Waals surface area (Å²) in [6, 6.07) is 4.97. The van der Waals surface area contributed by atoms with E-state index in [2.05, 4.69) is 20.6 Å². The largest absolute Gasteiger partial charge is 0.433 e. The van der Waals surface area contributed by atoms with Gasteiger partial charge in [0, 0.05) is 24.8 Å². The van der Waals surface area contributed by atoms with Crippen LogP contribution >= 0.6 is 0 Å². The average molecular weight is 357 g/mol. The van der Waals surface area contributed by atoms with Gasteiger partial charge < -0.3 is 15.5 Å². The van der Waals surface area contributed by atoms with Gasteiger partial charge in [-0.2, -0.15) is 18.2 Å². The molecular weight excluding hydrogens is 338 g/mol. The molecule has 2 rings (SSSR count). The highest BCUT2D eigenvalue weighted by atomic mass is 19.4. The van der Waals surface area contributed by atoms with Gasteiger partial charge in [0.2, 0.25) is 5.95 Å². The fourth-order valence-corrected chi connectivity index (χ4v) is 2.00. The van der Waals surface area contributed by atoms with Crippen LogP contribution < -0.4 is 10.6 Å². The third-order valence-corrected chi connectivity index (χ3v) is 3.29. The summed E-state index contributed by atoms with van der Waals surface area (Å²) in [6.45, 7) is 2.57. The van der Waals surface area contributed by atoms with Crippen LogP contribution in [0.25, 0.3) is 0 Å². The SMILES string of the molecule is Cc1cc(Nc2cc(C(F)(F)F)nc(NCCN(C)C)n2)ccc1F. The lowest BCUT2D eigenvalue weighted by atomic mass is 10.2. The van der Waals surface area contributed by atoms with E-state index in [0.717, 1.165) is 6.07 Å². The minimum atomic E-state index is -4.60. The first-order valence-electron chi connectivity index (χ1n) is 7.53. The number of nitrogens with one attached hydrogen (secondary N) is 2. The molecule has 2 aromatic rings. The molecule has 9 heteroatoms. The van der Waals surface area contributed by atoms with E-state index in [1.54, 1.807) is 6.92 Å². The van der Waals surface area contributed by atoms with Crippen molar-refractivity contribution in [1.29, 1.82) is 0 Å². The molecular formula is C16H19F4N5. The molecule has 0 aliphatic heterocycles. The zero-order valence-electron chi connectivity index (χ0n) is 14.1. The van der Waals surface area contributed by atoms with Crippen molar-refractivity contribution in [2.45, 2.75) is 13.1 Å². The number of alkyl halides is 3. The van der Waals surface area contributed by atoms with Crippen LogP contribution in [-0.2, 0) is 6.18 Å². The third-order valence-electron chi connectivity index (χ3n) is 3.29. The van der Waals surface area contributed by atoms with Gasteiger partial charge in [0.15, 0.2) is 5.69 Å². The molecule has 0 amide bonds. The van der Waals surface area contributed by atoms with Gasteiger partial charge in [0.1, 0.15) is 11.6 Å². The van der Waals surface area contributed by atoms with E-state index < -0.39 is 17.7 Å². The normalized spacial score (nSPS) is 11.7. The zero-order chi connectivity index (χ0) is 18.6. The standard InChI is InChI=1S/C16H19F4N5/c1-10-8-11(4-5-12(10)17)22-14-9-13(16(18,19)20)23-15(24-14)21-6-7-25(2)3/h4-5,8-9H,6-7H2,1-3H3,(H2,21,22,23,24). The number of benzene rings is 1. The first-order valence-corrected chi connectivity index (χ1v) is 7.53. The van der Waals surface area contributed by atoms with Crippen molar-refractivity contribution in [2.75, 3.05) is 37.8 Å². The van der Waals surface area contributed by atoms with E-state index in [4.69, 9.17) is 0 Å². The lowest BCUT2D eigenvalue weighted by Gasteiger charge is -2.14. The fraction of sp³-hybridized carbons (Fsp3) is 0.375. The summed E-state index contributed by atoms with van der Waals surface area (Å²) in [7, 11) is 3.69. The Balaban J connectivity index is 2.27. The van der Waals surface area contributed by atoms with E-state index in [9.17, 15) is 17.6 Å². The van der Waals surface area contributed by atoms with Gasteiger partial charge in [0.05, 0.1) is 0 Å². The molecule has 5 nitrogen and oxygen atoms in total. The Hall–Kier alpha value is -2.42. The Bertz CT molecular complexity index is 731. The van der Waals surface area contributed by atoms with Gasteiger partial charge in [-0.25, -0.2) is 9.37 Å². The van der Waals surface area contributed by atoms with Crippen LogP contribution in [0.3, 0.4) is 0 Å². The molecule has 0 aliphatic rings. The Morgan fingerprint density at radius 2 is 1.84 bits per heavy atom. The number of hydrogen-bond donors (Lipinski definition) is 2. The van der Waals surface area contributed by atoms with Gasteiger partial charge >= 0.3 is 6.18 Å². The number of nitrogens with zero attached hydrogens (tertiary/aromatic N) is 3. The molecule has 0 fully saturated rings. The highest BCUT2D eigenvalue weighted by molar-refractivity contribution is 5.58. The van der Waals surface area contributed by atoms with Gasteiger partial charge in [-0.3, -0.25) is 0 Å². The summed E-state index contributed by atoms with van der Waals surface area (Å²) in [5, 5.41) is 5.53. The molecule has 2 N–H and O–H groups in total. The van der Waals surface area contributed by atoms with Gasteiger partial charge in [0.25, 0.3) is 0 Å². The molecule has 0 unspecified atom stereocenters. The second-order valence-corrected chi connectivity index (χ2v) is 5.78. The van der Waals surface area contributed by atoms with E-state index in [-0.39, 0.29) is 11.8 Å². The van der Waals surface area contributed by atoms with Crippen LogP contribution in [0, 0.1) is 12.7 Å². The van der Waals surface area contributed by atoms with E-state index in [1.165, 1.54) is 18.2 Å². The van der Waals surface area contributed by atoms with Crippen molar-refractivity contribution in [1.82, 2.24) is 14.9 Å². The van der Waals surface area contributed by atoms with Crippen LogP contribution in [0.2, 0.25) is 0 Å². The van der Waals surface area contributed by atoms with Crippen LogP contribution in [0.1, 0.15) is 11.3 Å². The molecule has 0 saturated carbocycles. The number of aryl methyl sites for hydroxylation is 1. The second-order valence-electron chi connectivity index (χ2n) is 5.78. The quantitative estimate of drug-likeness (QED) is 0.773. The van der Waals surface area contributed by atoms with Gasteiger partial charge in [-0.15, -0.1) is 0 Å². The molecule has 0 aliphatic carbocycles. The van der Waals surface area contributed by atoms with E-state index in [1.807, 2.05) is 19.0 Å². The van der Waals surface area contributed by atoms with Crippen molar-refractivity contribution in [2.24, 2.45) is 0 Å². The van der Waals surface area contributed by atoms with E-state index in [0.29, 0.717) is 24.3 Å². The molecule has 0 saturated heterocycles. The number of hydrogen-bond acceptors (Lipinski definition) is 5. The summed E-state index contributed by atoms with van der Waals surface area (Å²) in [6.07, 6.45) is -4.60. The topological polar surface area (TPSA) is 53.1 Å². The molecule has 0 atom stereocenters. The predicted molar refractivity (Wildman–Crippen MR) is 88.5 cm³/mol. The summed E-state index contributed by atoms with van der Waals surface area (Å²) < 4.78 is 52.5. The van der Waals surface area contributed by atoms with Gasteiger partial charge in [-0.05, 0) is 44.8 Å². The van der Waals surface area contributed by atoms with Crippen molar-refractivity contribution in [3.8, 4) is 0 Å². The fourth-order valence-electron chi connectivity index (χ4n) is 2.00. The predicted octanol–water partition coefficient (Wildman–Crippen LogP) is 3.66. The van der Waals surface area contributed by atoms with Gasteiger partial charge in [-0.1, -0.05) is 0 Å². The van der Waals surface area contributed by atoms with Crippen molar-refractivity contribution in [3.63, 3.8) is 0 Å². The van der Waals surface area contributed by atoms with E-state index >= 15 is 0 Å². The van der Waals surface area contributed by atoms with Crippen molar-refractivity contribution in [3.05, 3.63) is 41.3 Å². The zero-order valence-corrected chi connectivity index (χ0v) is 14.1. The Morgan fingerprint density at radius 3 is 2.44 bits per heavy atom. The van der Waals surface area contributed by atoms with Crippen LogP contribution in [0.15, 0.2) is 24.3 Å². The molecule has 136 valence electrons. The Kier molecular flexibility index (Phi) is 5.78. The summed E-state index contributed by atoms with van der Waals surface area (Å²) in [4.78, 5) is 9.43. The minimum absolute atomic E-state index is 0.0271.